The third-order valence-corrected chi connectivity index (χ3v) is 9.13. The van der Waals surface area contributed by atoms with E-state index in [2.05, 4.69) is 19.2 Å². The fraction of sp³-hybridized carbons (Fsp3) is 0.519. The molecule has 0 unspecified atom stereocenters. The van der Waals surface area contributed by atoms with Gasteiger partial charge in [-0.1, -0.05) is 44.2 Å². The van der Waals surface area contributed by atoms with E-state index in [9.17, 15) is 13.2 Å². The van der Waals surface area contributed by atoms with Gasteiger partial charge in [0.2, 0.25) is 10.0 Å². The number of hydrogen-bond donors (Lipinski definition) is 1. The van der Waals surface area contributed by atoms with Gasteiger partial charge in [0.05, 0.1) is 4.90 Å². The first kappa shape index (κ1) is 25.4. The van der Waals surface area contributed by atoms with Gasteiger partial charge in [-0.2, -0.15) is 4.31 Å². The van der Waals surface area contributed by atoms with E-state index in [-0.39, 0.29) is 17.3 Å². The zero-order chi connectivity index (χ0) is 24.2. The van der Waals surface area contributed by atoms with Crippen LogP contribution in [-0.2, 0) is 16.6 Å². The van der Waals surface area contributed by atoms with Gasteiger partial charge in [0.25, 0.3) is 5.91 Å². The molecule has 0 spiro atoms. The molecule has 0 radical (unpaired) electrons. The number of nitrogens with zero attached hydrogens (tertiary/aromatic N) is 1. The lowest BCUT2D eigenvalue weighted by Gasteiger charge is -2.31. The van der Waals surface area contributed by atoms with Gasteiger partial charge in [0.15, 0.2) is 0 Å². The van der Waals surface area contributed by atoms with Crippen molar-refractivity contribution < 1.29 is 13.2 Å². The predicted octanol–water partition coefficient (Wildman–Crippen LogP) is 5.32. The summed E-state index contributed by atoms with van der Waals surface area (Å²) in [7, 11) is -2.16. The summed E-state index contributed by atoms with van der Waals surface area (Å²) in [5.74, 6) is 1.80. The van der Waals surface area contributed by atoms with Crippen molar-refractivity contribution in [2.45, 2.75) is 64.8 Å². The molecule has 1 fully saturated rings. The van der Waals surface area contributed by atoms with E-state index in [1.54, 1.807) is 20.0 Å². The Morgan fingerprint density at radius 1 is 1.06 bits per heavy atom. The SMILES string of the molecule is Cc1cc(C(=O)NCC2CCC(C(C)C)CC2)cc(S(=O)(=O)N(C)Cc2ccccc2)c1C. The molecule has 0 atom stereocenters. The molecule has 2 aromatic carbocycles. The monoisotopic (exact) mass is 470 g/mol. The molecular formula is C27H38N2O3S. The molecule has 5 nitrogen and oxygen atoms in total. The van der Waals surface area contributed by atoms with Gasteiger partial charge in [0, 0.05) is 25.7 Å². The summed E-state index contributed by atoms with van der Waals surface area (Å²) in [5.41, 5.74) is 2.80. The Bertz CT molecular complexity index is 1060. The molecule has 1 aliphatic rings. The standard InChI is InChI=1S/C27H38N2O3S/c1-19(2)24-13-11-22(12-14-24)17-28-27(30)25-15-20(3)21(4)26(16-25)33(31,32)29(5)18-23-9-7-6-8-10-23/h6-10,15-16,19,22,24H,11-14,17-18H2,1-5H3,(H,28,30). The Morgan fingerprint density at radius 2 is 1.70 bits per heavy atom. The van der Waals surface area contributed by atoms with Gasteiger partial charge < -0.3 is 5.32 Å². The van der Waals surface area contributed by atoms with Crippen molar-refractivity contribution in [3.63, 3.8) is 0 Å². The Morgan fingerprint density at radius 3 is 2.30 bits per heavy atom. The molecule has 1 saturated carbocycles. The largest absolute Gasteiger partial charge is 0.352 e. The van der Waals surface area contributed by atoms with Crippen molar-refractivity contribution in [2.75, 3.05) is 13.6 Å². The van der Waals surface area contributed by atoms with E-state index in [1.165, 1.54) is 23.2 Å². The molecular weight excluding hydrogens is 432 g/mol. The summed E-state index contributed by atoms with van der Waals surface area (Å²) in [6, 6.07) is 12.8. The van der Waals surface area contributed by atoms with Crippen molar-refractivity contribution in [3.05, 3.63) is 64.7 Å². The van der Waals surface area contributed by atoms with E-state index in [0.717, 1.165) is 35.8 Å². The van der Waals surface area contributed by atoms with E-state index in [0.29, 0.717) is 23.6 Å². The van der Waals surface area contributed by atoms with Crippen molar-refractivity contribution in [3.8, 4) is 0 Å². The van der Waals surface area contributed by atoms with Gasteiger partial charge in [-0.15, -0.1) is 0 Å². The maximum Gasteiger partial charge on any atom is 0.251 e. The Labute approximate surface area is 199 Å². The smallest absolute Gasteiger partial charge is 0.251 e. The summed E-state index contributed by atoms with van der Waals surface area (Å²) >= 11 is 0. The number of benzene rings is 2. The van der Waals surface area contributed by atoms with Crippen LogP contribution >= 0.6 is 0 Å². The Kier molecular flexibility index (Phi) is 8.35. The number of rotatable bonds is 8. The minimum Gasteiger partial charge on any atom is -0.352 e. The number of sulfonamides is 1. The molecule has 0 bridgehead atoms. The molecule has 3 rings (SSSR count). The van der Waals surface area contributed by atoms with Crippen LogP contribution in [0.25, 0.3) is 0 Å². The van der Waals surface area contributed by atoms with Crippen molar-refractivity contribution in [1.82, 2.24) is 9.62 Å². The highest BCUT2D eigenvalue weighted by atomic mass is 32.2. The zero-order valence-electron chi connectivity index (χ0n) is 20.6. The van der Waals surface area contributed by atoms with Crippen LogP contribution < -0.4 is 5.32 Å². The molecule has 2 aromatic rings. The fourth-order valence-electron chi connectivity index (χ4n) is 4.72. The third-order valence-electron chi connectivity index (χ3n) is 7.20. The molecule has 0 aliphatic heterocycles. The molecule has 0 aromatic heterocycles. The van der Waals surface area contributed by atoms with Crippen molar-refractivity contribution >= 4 is 15.9 Å². The third kappa shape index (κ3) is 6.24. The van der Waals surface area contributed by atoms with Crippen LogP contribution in [0, 0.1) is 31.6 Å². The lowest BCUT2D eigenvalue weighted by Crippen LogP contribution is -2.32. The molecule has 1 aliphatic carbocycles. The maximum absolute atomic E-state index is 13.4. The number of amides is 1. The summed E-state index contributed by atoms with van der Waals surface area (Å²) in [6.07, 6.45) is 4.72. The second-order valence-electron chi connectivity index (χ2n) is 9.90. The minimum absolute atomic E-state index is 0.198. The summed E-state index contributed by atoms with van der Waals surface area (Å²) in [4.78, 5) is 13.1. The van der Waals surface area contributed by atoms with Crippen LogP contribution in [0.15, 0.2) is 47.4 Å². The number of nitrogens with one attached hydrogen (secondary N) is 1. The quantitative estimate of drug-likeness (QED) is 0.568. The normalized spacial score (nSPS) is 19.1. The molecule has 1 N–H and O–H groups in total. The molecule has 180 valence electrons. The van der Waals surface area contributed by atoms with Crippen LogP contribution in [0.1, 0.15) is 66.6 Å². The zero-order valence-corrected chi connectivity index (χ0v) is 21.4. The highest BCUT2D eigenvalue weighted by molar-refractivity contribution is 7.89. The number of carbonyl (C=O) groups excluding carboxylic acids is 1. The van der Waals surface area contributed by atoms with Gasteiger partial charge in [-0.05, 0) is 86.1 Å². The molecule has 0 heterocycles. The molecule has 6 heteroatoms. The predicted molar refractivity (Wildman–Crippen MR) is 134 cm³/mol. The van der Waals surface area contributed by atoms with Crippen LogP contribution in [-0.4, -0.2) is 32.2 Å². The van der Waals surface area contributed by atoms with Crippen LogP contribution in [0.4, 0.5) is 0 Å². The average molecular weight is 471 g/mol. The lowest BCUT2D eigenvalue weighted by molar-refractivity contribution is 0.0939. The minimum atomic E-state index is -3.74. The molecule has 0 saturated heterocycles. The van der Waals surface area contributed by atoms with Crippen LogP contribution in [0.3, 0.4) is 0 Å². The van der Waals surface area contributed by atoms with Gasteiger partial charge in [-0.3, -0.25) is 4.79 Å². The lowest BCUT2D eigenvalue weighted by atomic mass is 9.77. The fourth-order valence-corrected chi connectivity index (χ4v) is 6.20. The highest BCUT2D eigenvalue weighted by Gasteiger charge is 2.26. The first-order valence-corrected chi connectivity index (χ1v) is 13.4. The van der Waals surface area contributed by atoms with Crippen molar-refractivity contribution in [2.24, 2.45) is 17.8 Å². The Hall–Kier alpha value is -2.18. The molecule has 33 heavy (non-hydrogen) atoms. The summed E-state index contributed by atoms with van der Waals surface area (Å²) in [5, 5.41) is 3.06. The van der Waals surface area contributed by atoms with Crippen molar-refractivity contribution in [1.29, 1.82) is 0 Å². The van der Waals surface area contributed by atoms with E-state index < -0.39 is 10.0 Å². The summed E-state index contributed by atoms with van der Waals surface area (Å²) < 4.78 is 28.1. The van der Waals surface area contributed by atoms with E-state index in [4.69, 9.17) is 0 Å². The number of hydrogen-bond acceptors (Lipinski definition) is 3. The Balaban J connectivity index is 1.72. The second kappa shape index (κ2) is 10.8. The highest BCUT2D eigenvalue weighted by Crippen LogP contribution is 2.33. The van der Waals surface area contributed by atoms with Gasteiger partial charge >= 0.3 is 0 Å². The first-order valence-electron chi connectivity index (χ1n) is 12.0. The van der Waals surface area contributed by atoms with E-state index in [1.807, 2.05) is 37.3 Å². The van der Waals surface area contributed by atoms with E-state index >= 15 is 0 Å². The maximum atomic E-state index is 13.4. The average Bonchev–Trinajstić information content (AvgIpc) is 2.79. The first-order chi connectivity index (χ1) is 15.6. The molecule has 1 amide bonds. The number of carbonyl (C=O) groups is 1. The van der Waals surface area contributed by atoms with Gasteiger partial charge in [0.1, 0.15) is 0 Å². The topological polar surface area (TPSA) is 66.5 Å². The van der Waals surface area contributed by atoms with Gasteiger partial charge in [-0.25, -0.2) is 8.42 Å². The number of aryl methyl sites for hydroxylation is 1. The van der Waals surface area contributed by atoms with Crippen LogP contribution in [0.2, 0.25) is 0 Å². The van der Waals surface area contributed by atoms with Crippen LogP contribution in [0.5, 0.6) is 0 Å². The second-order valence-corrected chi connectivity index (χ2v) is 11.9. The summed E-state index contributed by atoms with van der Waals surface area (Å²) in [6.45, 7) is 9.15.